The number of likely N-dealkylation sites (tertiary alicyclic amines) is 1. The van der Waals surface area contributed by atoms with Gasteiger partial charge in [0.1, 0.15) is 0 Å². The van der Waals surface area contributed by atoms with Gasteiger partial charge in [-0.25, -0.2) is 13.4 Å². The Morgan fingerprint density at radius 1 is 1.21 bits per heavy atom. The zero-order valence-corrected chi connectivity index (χ0v) is 18.1. The number of nitrogens with zero attached hydrogens (tertiary/aromatic N) is 2. The van der Waals surface area contributed by atoms with Crippen LogP contribution in [0.4, 0.5) is 5.13 Å². The van der Waals surface area contributed by atoms with Crippen molar-refractivity contribution in [2.75, 3.05) is 24.7 Å². The second kappa shape index (κ2) is 8.71. The van der Waals surface area contributed by atoms with Crippen molar-refractivity contribution >= 4 is 32.2 Å². The molecule has 2 atom stereocenters. The summed E-state index contributed by atoms with van der Waals surface area (Å²) in [7, 11) is -3.09. The largest absolute Gasteiger partial charge is 0.298 e. The fourth-order valence-electron chi connectivity index (χ4n) is 3.81. The lowest BCUT2D eigenvalue weighted by molar-refractivity contribution is 0.102. The minimum absolute atomic E-state index is 0.0293. The number of nitrogens with one attached hydrogen (secondary N) is 1. The summed E-state index contributed by atoms with van der Waals surface area (Å²) in [6.45, 7) is 7.56. The second-order valence-corrected chi connectivity index (χ2v) is 11.0. The number of carbonyl (C=O) groups excluding carboxylic acids is 1. The van der Waals surface area contributed by atoms with E-state index in [1.54, 1.807) is 24.3 Å². The van der Waals surface area contributed by atoms with Crippen molar-refractivity contribution in [1.82, 2.24) is 9.88 Å². The van der Waals surface area contributed by atoms with Gasteiger partial charge in [0.25, 0.3) is 5.91 Å². The van der Waals surface area contributed by atoms with E-state index in [1.807, 2.05) is 5.38 Å². The van der Waals surface area contributed by atoms with Gasteiger partial charge in [0.15, 0.2) is 15.0 Å². The number of benzene rings is 1. The van der Waals surface area contributed by atoms with Crippen LogP contribution in [0.3, 0.4) is 0 Å². The normalized spacial score (nSPS) is 20.8. The molecule has 1 aliphatic rings. The van der Waals surface area contributed by atoms with Crippen LogP contribution in [0, 0.1) is 11.8 Å². The zero-order chi connectivity index (χ0) is 20.3. The van der Waals surface area contributed by atoms with Crippen LogP contribution >= 0.6 is 11.3 Å². The molecule has 152 valence electrons. The van der Waals surface area contributed by atoms with Gasteiger partial charge in [-0.3, -0.25) is 15.0 Å². The molecule has 2 heterocycles. The summed E-state index contributed by atoms with van der Waals surface area (Å²) in [6.07, 6.45) is 2.47. The van der Waals surface area contributed by atoms with Gasteiger partial charge in [0, 0.05) is 36.8 Å². The number of anilines is 1. The monoisotopic (exact) mass is 421 g/mol. The van der Waals surface area contributed by atoms with E-state index in [0.29, 0.717) is 28.1 Å². The minimum atomic E-state index is -3.09. The average molecular weight is 422 g/mol. The molecule has 1 aromatic heterocycles. The molecule has 1 aliphatic heterocycles. The van der Waals surface area contributed by atoms with Crippen molar-refractivity contribution in [1.29, 1.82) is 0 Å². The van der Waals surface area contributed by atoms with Crippen molar-refractivity contribution < 1.29 is 13.2 Å². The van der Waals surface area contributed by atoms with E-state index >= 15 is 0 Å². The number of thiazole rings is 1. The van der Waals surface area contributed by atoms with Crippen molar-refractivity contribution in [2.24, 2.45) is 11.8 Å². The first-order valence-electron chi connectivity index (χ1n) is 9.42. The van der Waals surface area contributed by atoms with E-state index in [0.717, 1.165) is 25.3 Å². The van der Waals surface area contributed by atoms with Crippen LogP contribution in [-0.2, 0) is 22.1 Å². The molecule has 0 aliphatic carbocycles. The van der Waals surface area contributed by atoms with Gasteiger partial charge >= 0.3 is 0 Å². The summed E-state index contributed by atoms with van der Waals surface area (Å²) in [6, 6.07) is 6.62. The Kier molecular flexibility index (Phi) is 6.52. The quantitative estimate of drug-likeness (QED) is 0.773. The van der Waals surface area contributed by atoms with Gasteiger partial charge in [-0.15, -0.1) is 11.3 Å². The number of hydrogen-bond acceptors (Lipinski definition) is 6. The van der Waals surface area contributed by atoms with Crippen LogP contribution in [-0.4, -0.2) is 43.6 Å². The summed E-state index contributed by atoms with van der Waals surface area (Å²) in [4.78, 5) is 19.4. The third-order valence-corrected chi connectivity index (χ3v) is 6.41. The predicted molar refractivity (Wildman–Crippen MR) is 113 cm³/mol. The Morgan fingerprint density at radius 2 is 1.86 bits per heavy atom. The van der Waals surface area contributed by atoms with Crippen LogP contribution in [0.15, 0.2) is 29.6 Å². The van der Waals surface area contributed by atoms with E-state index in [-0.39, 0.29) is 11.7 Å². The van der Waals surface area contributed by atoms with Crippen LogP contribution in [0.5, 0.6) is 0 Å². The van der Waals surface area contributed by atoms with Crippen molar-refractivity contribution in [3.8, 4) is 0 Å². The summed E-state index contributed by atoms with van der Waals surface area (Å²) in [5.41, 5.74) is 2.12. The maximum absolute atomic E-state index is 12.4. The molecule has 1 aromatic carbocycles. The van der Waals surface area contributed by atoms with Gasteiger partial charge in [-0.1, -0.05) is 26.0 Å². The summed E-state index contributed by atoms with van der Waals surface area (Å²) >= 11 is 1.42. The number of aromatic nitrogens is 1. The van der Waals surface area contributed by atoms with E-state index in [4.69, 9.17) is 0 Å². The molecule has 0 saturated carbocycles. The first-order chi connectivity index (χ1) is 13.2. The van der Waals surface area contributed by atoms with Crippen LogP contribution in [0.2, 0.25) is 0 Å². The van der Waals surface area contributed by atoms with Gasteiger partial charge in [-0.05, 0) is 36.0 Å². The van der Waals surface area contributed by atoms with E-state index in [2.05, 4.69) is 29.0 Å². The fourth-order valence-corrected chi connectivity index (χ4v) is 5.31. The Bertz CT molecular complexity index is 912. The van der Waals surface area contributed by atoms with E-state index < -0.39 is 9.84 Å². The highest BCUT2D eigenvalue weighted by Gasteiger charge is 2.22. The summed E-state index contributed by atoms with van der Waals surface area (Å²) in [5, 5.41) is 5.41. The molecule has 2 aromatic rings. The molecule has 3 rings (SSSR count). The number of piperidine rings is 1. The van der Waals surface area contributed by atoms with Crippen molar-refractivity contribution in [2.45, 2.75) is 32.6 Å². The third kappa shape index (κ3) is 6.12. The third-order valence-electron chi connectivity index (χ3n) is 4.75. The molecule has 1 saturated heterocycles. The molecule has 1 fully saturated rings. The van der Waals surface area contributed by atoms with Gasteiger partial charge in [0.05, 0.1) is 11.4 Å². The standard InChI is InChI=1S/C20H27N3O3S2/c1-14-8-15(2)10-23(9-14)11-18-12-27-20(21-18)22-19(24)17-6-4-16(5-7-17)13-28(3,25)26/h4-7,12,14-15H,8-11,13H2,1-3H3,(H,21,22,24). The Labute approximate surface area is 170 Å². The summed E-state index contributed by atoms with van der Waals surface area (Å²) < 4.78 is 22.7. The number of rotatable bonds is 6. The zero-order valence-electron chi connectivity index (χ0n) is 16.5. The van der Waals surface area contributed by atoms with Crippen molar-refractivity contribution in [3.05, 3.63) is 46.5 Å². The van der Waals surface area contributed by atoms with Gasteiger partial charge in [0.2, 0.25) is 0 Å². The van der Waals surface area contributed by atoms with Crippen LogP contribution in [0.1, 0.15) is 41.9 Å². The van der Waals surface area contributed by atoms with Gasteiger partial charge < -0.3 is 0 Å². The molecule has 1 N–H and O–H groups in total. The predicted octanol–water partition coefficient (Wildman–Crippen LogP) is 3.42. The Hall–Kier alpha value is -1.77. The molecule has 1 amide bonds. The molecule has 6 nitrogen and oxygen atoms in total. The number of hydrogen-bond donors (Lipinski definition) is 1. The minimum Gasteiger partial charge on any atom is -0.298 e. The molecule has 0 bridgehead atoms. The molecule has 2 unspecified atom stereocenters. The first kappa shape index (κ1) is 21.0. The maximum Gasteiger partial charge on any atom is 0.257 e. The maximum atomic E-state index is 12.4. The Morgan fingerprint density at radius 3 is 2.46 bits per heavy atom. The van der Waals surface area contributed by atoms with Crippen LogP contribution < -0.4 is 5.32 Å². The molecule has 28 heavy (non-hydrogen) atoms. The molecule has 0 radical (unpaired) electrons. The van der Waals surface area contributed by atoms with Gasteiger partial charge in [-0.2, -0.15) is 0 Å². The topological polar surface area (TPSA) is 79.4 Å². The Balaban J connectivity index is 1.58. The van der Waals surface area contributed by atoms with E-state index in [9.17, 15) is 13.2 Å². The first-order valence-corrected chi connectivity index (χ1v) is 12.4. The van der Waals surface area contributed by atoms with Crippen LogP contribution in [0.25, 0.3) is 0 Å². The SMILES string of the molecule is CC1CC(C)CN(Cc2csc(NC(=O)c3ccc(CS(C)(=O)=O)cc3)n2)C1. The smallest absolute Gasteiger partial charge is 0.257 e. The highest BCUT2D eigenvalue weighted by atomic mass is 32.2. The number of carbonyl (C=O) groups is 1. The molecule has 8 heteroatoms. The molecular formula is C20H27N3O3S2. The van der Waals surface area contributed by atoms with E-state index in [1.165, 1.54) is 24.0 Å². The average Bonchev–Trinajstić information content (AvgIpc) is 2.99. The second-order valence-electron chi connectivity index (χ2n) is 8.01. The summed E-state index contributed by atoms with van der Waals surface area (Å²) in [5.74, 6) is 1.13. The number of sulfone groups is 1. The molecule has 0 spiro atoms. The highest BCUT2D eigenvalue weighted by molar-refractivity contribution is 7.89. The number of amides is 1. The fraction of sp³-hybridized carbons (Fsp3) is 0.500. The lowest BCUT2D eigenvalue weighted by Gasteiger charge is -2.34. The molecular weight excluding hydrogens is 394 g/mol. The van der Waals surface area contributed by atoms with Crippen molar-refractivity contribution in [3.63, 3.8) is 0 Å². The highest BCUT2D eigenvalue weighted by Crippen LogP contribution is 2.24. The lowest BCUT2D eigenvalue weighted by atomic mass is 9.92. The lowest BCUT2D eigenvalue weighted by Crippen LogP contribution is -2.38.